The molecule has 0 amide bonds. The lowest BCUT2D eigenvalue weighted by molar-refractivity contribution is 0.314. The monoisotopic (exact) mass is 312 g/mol. The number of hydrogen-bond donors (Lipinski definition) is 0. The van der Waals surface area contributed by atoms with Gasteiger partial charge in [-0.05, 0) is 36.8 Å². The van der Waals surface area contributed by atoms with Gasteiger partial charge in [0.1, 0.15) is 0 Å². The van der Waals surface area contributed by atoms with Crippen molar-refractivity contribution in [3.63, 3.8) is 0 Å². The Morgan fingerprint density at radius 3 is 2.28 bits per heavy atom. The van der Waals surface area contributed by atoms with Crippen LogP contribution in [0.15, 0.2) is 40.9 Å². The second-order valence-electron chi connectivity index (χ2n) is 3.68. The third kappa shape index (κ3) is 2.53. The summed E-state index contributed by atoms with van der Waals surface area (Å²) in [5, 5.41) is 0. The largest absolute Gasteiger partial charge is 0.491 e. The molecule has 2 aromatic rings. The fraction of sp³-hybridized carbons (Fsp3) is 0.143. The summed E-state index contributed by atoms with van der Waals surface area (Å²) in [4.78, 5) is 0. The van der Waals surface area contributed by atoms with Gasteiger partial charge in [-0.15, -0.1) is 0 Å². The summed E-state index contributed by atoms with van der Waals surface area (Å²) >= 11 is 3.30. The van der Waals surface area contributed by atoms with Crippen LogP contribution >= 0.6 is 15.9 Å². The van der Waals surface area contributed by atoms with Gasteiger partial charge in [-0.25, -0.2) is 4.39 Å². The fourth-order valence-corrected chi connectivity index (χ4v) is 1.92. The molecule has 0 aliphatic heterocycles. The predicted octanol–water partition coefficient (Wildman–Crippen LogP) is 4.79. The Labute approximate surface area is 113 Å². The van der Waals surface area contributed by atoms with Crippen molar-refractivity contribution in [2.45, 2.75) is 6.92 Å². The van der Waals surface area contributed by atoms with Gasteiger partial charge in [-0.1, -0.05) is 28.1 Å². The lowest BCUT2D eigenvalue weighted by Crippen LogP contribution is -1.98. The van der Waals surface area contributed by atoms with Gasteiger partial charge in [0.2, 0.25) is 5.82 Å². The first-order valence-corrected chi connectivity index (χ1v) is 6.29. The van der Waals surface area contributed by atoms with Crippen molar-refractivity contribution in [1.82, 2.24) is 0 Å². The maximum absolute atomic E-state index is 13.9. The van der Waals surface area contributed by atoms with E-state index >= 15 is 0 Å². The quantitative estimate of drug-likeness (QED) is 0.791. The molecule has 18 heavy (non-hydrogen) atoms. The summed E-state index contributed by atoms with van der Waals surface area (Å²) in [5.41, 5.74) is 0.848. The van der Waals surface area contributed by atoms with Crippen LogP contribution < -0.4 is 4.74 Å². The summed E-state index contributed by atoms with van der Waals surface area (Å²) in [6, 6.07) is 9.97. The highest BCUT2D eigenvalue weighted by molar-refractivity contribution is 9.10. The van der Waals surface area contributed by atoms with Crippen molar-refractivity contribution in [3.8, 4) is 16.9 Å². The molecule has 0 heterocycles. The van der Waals surface area contributed by atoms with Crippen molar-refractivity contribution in [2.24, 2.45) is 0 Å². The van der Waals surface area contributed by atoms with Gasteiger partial charge in [0.15, 0.2) is 11.6 Å². The summed E-state index contributed by atoms with van der Waals surface area (Å²) in [6.07, 6.45) is 0. The van der Waals surface area contributed by atoms with Crippen molar-refractivity contribution in [1.29, 1.82) is 0 Å². The standard InChI is InChI=1S/C14H11BrF2O/c1-2-18-12-8-7-11(13(16)14(12)17)9-3-5-10(15)6-4-9/h3-8H,2H2,1H3. The molecule has 0 N–H and O–H groups in total. The lowest BCUT2D eigenvalue weighted by atomic mass is 10.0. The van der Waals surface area contributed by atoms with Crippen LogP contribution in [0.2, 0.25) is 0 Å². The Balaban J connectivity index is 2.46. The number of rotatable bonds is 3. The van der Waals surface area contributed by atoms with Crippen molar-refractivity contribution in [2.75, 3.05) is 6.61 Å². The van der Waals surface area contributed by atoms with Crippen LogP contribution in [0.5, 0.6) is 5.75 Å². The van der Waals surface area contributed by atoms with E-state index in [9.17, 15) is 8.78 Å². The van der Waals surface area contributed by atoms with Crippen molar-refractivity contribution >= 4 is 15.9 Å². The lowest BCUT2D eigenvalue weighted by Gasteiger charge is -2.09. The zero-order chi connectivity index (χ0) is 13.1. The molecule has 2 rings (SSSR count). The van der Waals surface area contributed by atoms with Crippen LogP contribution in [0.4, 0.5) is 8.78 Å². The Hall–Kier alpha value is -1.42. The molecule has 0 bridgehead atoms. The molecular weight excluding hydrogens is 302 g/mol. The van der Waals surface area contributed by atoms with Gasteiger partial charge in [-0.2, -0.15) is 4.39 Å². The van der Waals surface area contributed by atoms with E-state index in [1.165, 1.54) is 12.1 Å². The number of halogens is 3. The second kappa shape index (κ2) is 5.48. The molecule has 0 saturated heterocycles. The molecule has 94 valence electrons. The molecule has 0 fully saturated rings. The molecule has 0 aliphatic carbocycles. The van der Waals surface area contributed by atoms with Crippen LogP contribution in [0.1, 0.15) is 6.92 Å². The van der Waals surface area contributed by atoms with E-state index < -0.39 is 11.6 Å². The minimum absolute atomic E-state index is 0.0594. The van der Waals surface area contributed by atoms with Crippen molar-refractivity contribution in [3.05, 3.63) is 52.5 Å². The normalized spacial score (nSPS) is 10.4. The average Bonchev–Trinajstić information content (AvgIpc) is 2.37. The molecule has 2 aromatic carbocycles. The zero-order valence-electron chi connectivity index (χ0n) is 9.71. The topological polar surface area (TPSA) is 9.23 Å². The molecule has 0 saturated carbocycles. The maximum atomic E-state index is 13.9. The highest BCUT2D eigenvalue weighted by Crippen LogP contribution is 2.30. The smallest absolute Gasteiger partial charge is 0.201 e. The molecule has 4 heteroatoms. The van der Waals surface area contributed by atoms with Gasteiger partial charge in [0.05, 0.1) is 6.61 Å². The summed E-state index contributed by atoms with van der Waals surface area (Å²) < 4.78 is 33.5. The summed E-state index contributed by atoms with van der Waals surface area (Å²) in [6.45, 7) is 2.02. The van der Waals surface area contributed by atoms with E-state index in [2.05, 4.69) is 15.9 Å². The Morgan fingerprint density at radius 1 is 1.00 bits per heavy atom. The Bertz CT molecular complexity index is 552. The first-order chi connectivity index (χ1) is 8.63. The predicted molar refractivity (Wildman–Crippen MR) is 70.7 cm³/mol. The van der Waals surface area contributed by atoms with Gasteiger partial charge < -0.3 is 4.74 Å². The van der Waals surface area contributed by atoms with Gasteiger partial charge in [0.25, 0.3) is 0 Å². The van der Waals surface area contributed by atoms with E-state index in [1.807, 2.05) is 0 Å². The van der Waals surface area contributed by atoms with Gasteiger partial charge >= 0.3 is 0 Å². The van der Waals surface area contributed by atoms with Crippen LogP contribution in [0.25, 0.3) is 11.1 Å². The molecule has 0 unspecified atom stereocenters. The van der Waals surface area contributed by atoms with E-state index in [1.54, 1.807) is 31.2 Å². The van der Waals surface area contributed by atoms with Gasteiger partial charge in [-0.3, -0.25) is 0 Å². The van der Waals surface area contributed by atoms with E-state index in [-0.39, 0.29) is 11.3 Å². The highest BCUT2D eigenvalue weighted by atomic mass is 79.9. The average molecular weight is 313 g/mol. The highest BCUT2D eigenvalue weighted by Gasteiger charge is 2.15. The van der Waals surface area contributed by atoms with Crippen LogP contribution in [0.3, 0.4) is 0 Å². The second-order valence-corrected chi connectivity index (χ2v) is 4.59. The van der Waals surface area contributed by atoms with Crippen molar-refractivity contribution < 1.29 is 13.5 Å². The van der Waals surface area contributed by atoms with E-state index in [4.69, 9.17) is 4.74 Å². The number of ether oxygens (including phenoxy) is 1. The fourth-order valence-electron chi connectivity index (χ4n) is 1.65. The first-order valence-electron chi connectivity index (χ1n) is 5.50. The molecule has 1 nitrogen and oxygen atoms in total. The number of hydrogen-bond acceptors (Lipinski definition) is 1. The zero-order valence-corrected chi connectivity index (χ0v) is 11.3. The third-order valence-electron chi connectivity index (χ3n) is 2.50. The molecule has 0 aromatic heterocycles. The minimum Gasteiger partial charge on any atom is -0.491 e. The molecule has 0 spiro atoms. The Morgan fingerprint density at radius 2 is 1.67 bits per heavy atom. The number of benzene rings is 2. The van der Waals surface area contributed by atoms with E-state index in [0.717, 1.165) is 4.47 Å². The maximum Gasteiger partial charge on any atom is 0.201 e. The third-order valence-corrected chi connectivity index (χ3v) is 3.03. The molecular formula is C14H11BrF2O. The minimum atomic E-state index is -0.947. The Kier molecular flexibility index (Phi) is 3.97. The SMILES string of the molecule is CCOc1ccc(-c2ccc(Br)cc2)c(F)c1F. The summed E-state index contributed by atoms with van der Waals surface area (Å²) in [5.74, 6) is -1.89. The molecule has 0 radical (unpaired) electrons. The van der Waals surface area contributed by atoms with Crippen LogP contribution in [0, 0.1) is 11.6 Å². The van der Waals surface area contributed by atoms with Crippen LogP contribution in [-0.2, 0) is 0 Å². The molecule has 0 atom stereocenters. The van der Waals surface area contributed by atoms with Crippen LogP contribution in [-0.4, -0.2) is 6.61 Å². The summed E-state index contributed by atoms with van der Waals surface area (Å²) in [7, 11) is 0. The van der Waals surface area contributed by atoms with E-state index in [0.29, 0.717) is 12.2 Å². The first kappa shape index (κ1) is 13.0. The van der Waals surface area contributed by atoms with Gasteiger partial charge in [0, 0.05) is 10.0 Å². The molecule has 0 aliphatic rings.